The maximum atomic E-state index is 13.7. The highest BCUT2D eigenvalue weighted by atomic mass is 19.2. The smallest absolute Gasteiger partial charge is 0.163 e. The normalized spacial score (nSPS) is 14.2. The third-order valence-electron chi connectivity index (χ3n) is 3.05. The van der Waals surface area contributed by atoms with Gasteiger partial charge in [-0.3, -0.25) is 0 Å². The zero-order valence-electron chi connectivity index (χ0n) is 10.5. The number of hydrogen-bond donors (Lipinski definition) is 1. The maximum absolute atomic E-state index is 13.7. The number of benzene rings is 2. The van der Waals surface area contributed by atoms with Crippen molar-refractivity contribution >= 4 is 0 Å². The molecule has 0 fully saturated rings. The summed E-state index contributed by atoms with van der Waals surface area (Å²) in [6, 6.07) is 9.72. The van der Waals surface area contributed by atoms with E-state index in [4.69, 9.17) is 5.73 Å². The van der Waals surface area contributed by atoms with Crippen molar-refractivity contribution in [2.24, 2.45) is 5.73 Å². The summed E-state index contributed by atoms with van der Waals surface area (Å²) in [5, 5.41) is 0. The largest absolute Gasteiger partial charge is 0.321 e. The van der Waals surface area contributed by atoms with Gasteiger partial charge in [0.05, 0.1) is 0 Å². The number of rotatable bonds is 3. The van der Waals surface area contributed by atoms with Gasteiger partial charge in [0, 0.05) is 11.1 Å². The fraction of sp³-hybridized carbons (Fsp3) is 0.200. The van der Waals surface area contributed by atoms with Gasteiger partial charge in [-0.05, 0) is 37.1 Å². The molecule has 0 aliphatic carbocycles. The average molecular weight is 265 g/mol. The minimum Gasteiger partial charge on any atom is -0.321 e. The van der Waals surface area contributed by atoms with Gasteiger partial charge >= 0.3 is 0 Å². The summed E-state index contributed by atoms with van der Waals surface area (Å²) in [6.07, 6.45) is 0.285. The molecule has 0 saturated heterocycles. The Bertz CT molecular complexity index is 576. The van der Waals surface area contributed by atoms with E-state index in [1.54, 1.807) is 19.1 Å². The Labute approximate surface area is 109 Å². The first-order valence-corrected chi connectivity index (χ1v) is 5.88. The Hall–Kier alpha value is -1.81. The number of nitrogens with two attached hydrogens (primary N) is 1. The third-order valence-corrected chi connectivity index (χ3v) is 3.05. The second-order valence-corrected chi connectivity index (χ2v) is 4.82. The molecule has 0 aliphatic rings. The molecule has 1 unspecified atom stereocenters. The predicted octanol–water partition coefficient (Wildman–Crippen LogP) is 3.52. The topological polar surface area (TPSA) is 26.0 Å². The molecule has 2 aromatic rings. The summed E-state index contributed by atoms with van der Waals surface area (Å²) in [5.74, 6) is -2.21. The van der Waals surface area contributed by atoms with Gasteiger partial charge in [-0.15, -0.1) is 0 Å². The first-order chi connectivity index (χ1) is 8.90. The van der Waals surface area contributed by atoms with Crippen LogP contribution < -0.4 is 5.73 Å². The van der Waals surface area contributed by atoms with Crippen molar-refractivity contribution in [3.8, 4) is 0 Å². The molecule has 0 amide bonds. The van der Waals surface area contributed by atoms with Gasteiger partial charge in [0.25, 0.3) is 0 Å². The van der Waals surface area contributed by atoms with Crippen LogP contribution in [0.15, 0.2) is 42.5 Å². The summed E-state index contributed by atoms with van der Waals surface area (Å²) in [6.45, 7) is 1.62. The van der Waals surface area contributed by atoms with E-state index in [1.807, 2.05) is 0 Å². The van der Waals surface area contributed by atoms with Crippen LogP contribution in [0.5, 0.6) is 0 Å². The maximum Gasteiger partial charge on any atom is 0.163 e. The Kier molecular flexibility index (Phi) is 3.62. The minimum absolute atomic E-state index is 0.108. The standard InChI is InChI=1S/C15H14F3N/c1-15(19,9-10-5-7-11(16)8-6-10)12-3-2-4-13(17)14(12)18/h2-8H,9,19H2,1H3. The van der Waals surface area contributed by atoms with E-state index in [1.165, 1.54) is 24.3 Å². The summed E-state index contributed by atoms with van der Waals surface area (Å²) >= 11 is 0. The van der Waals surface area contributed by atoms with Gasteiger partial charge in [0.2, 0.25) is 0 Å². The van der Waals surface area contributed by atoms with E-state index < -0.39 is 17.2 Å². The zero-order valence-corrected chi connectivity index (χ0v) is 10.5. The van der Waals surface area contributed by atoms with Crippen LogP contribution in [-0.4, -0.2) is 0 Å². The number of halogens is 3. The van der Waals surface area contributed by atoms with Gasteiger partial charge in [0.1, 0.15) is 5.82 Å². The summed E-state index contributed by atoms with van der Waals surface area (Å²) < 4.78 is 39.8. The lowest BCUT2D eigenvalue weighted by molar-refractivity contribution is 0.429. The molecule has 2 aromatic carbocycles. The molecular formula is C15H14F3N. The molecule has 0 radical (unpaired) electrons. The summed E-state index contributed by atoms with van der Waals surface area (Å²) in [7, 11) is 0. The molecule has 0 aromatic heterocycles. The molecule has 0 bridgehead atoms. The second-order valence-electron chi connectivity index (χ2n) is 4.82. The lowest BCUT2D eigenvalue weighted by Crippen LogP contribution is -2.36. The van der Waals surface area contributed by atoms with Crippen LogP contribution in [0, 0.1) is 17.5 Å². The van der Waals surface area contributed by atoms with Crippen LogP contribution in [-0.2, 0) is 12.0 Å². The second kappa shape index (κ2) is 5.05. The molecule has 1 atom stereocenters. The van der Waals surface area contributed by atoms with Crippen LogP contribution in [0.3, 0.4) is 0 Å². The summed E-state index contributed by atoms with van der Waals surface area (Å²) in [4.78, 5) is 0. The molecule has 0 spiro atoms. The Balaban J connectivity index is 2.31. The SMILES string of the molecule is CC(N)(Cc1ccc(F)cc1)c1cccc(F)c1F. The van der Waals surface area contributed by atoms with Crippen molar-refractivity contribution in [2.45, 2.75) is 18.9 Å². The van der Waals surface area contributed by atoms with Crippen molar-refractivity contribution in [1.82, 2.24) is 0 Å². The van der Waals surface area contributed by atoms with Gasteiger partial charge < -0.3 is 5.73 Å². The van der Waals surface area contributed by atoms with Crippen molar-refractivity contribution in [3.63, 3.8) is 0 Å². The molecule has 100 valence electrons. The predicted molar refractivity (Wildman–Crippen MR) is 68.0 cm³/mol. The van der Waals surface area contributed by atoms with E-state index in [0.29, 0.717) is 0 Å². The highest BCUT2D eigenvalue weighted by Crippen LogP contribution is 2.26. The Morgan fingerprint density at radius 3 is 2.26 bits per heavy atom. The fourth-order valence-electron chi connectivity index (χ4n) is 2.07. The zero-order chi connectivity index (χ0) is 14.0. The first-order valence-electron chi connectivity index (χ1n) is 5.88. The van der Waals surface area contributed by atoms with Gasteiger partial charge in [-0.25, -0.2) is 13.2 Å². The molecule has 0 saturated carbocycles. The first kappa shape index (κ1) is 13.6. The number of hydrogen-bond acceptors (Lipinski definition) is 1. The highest BCUT2D eigenvalue weighted by molar-refractivity contribution is 5.29. The van der Waals surface area contributed by atoms with Crippen molar-refractivity contribution in [1.29, 1.82) is 0 Å². The molecule has 1 nitrogen and oxygen atoms in total. The molecular weight excluding hydrogens is 251 g/mol. The monoisotopic (exact) mass is 265 g/mol. The van der Waals surface area contributed by atoms with Gasteiger partial charge in [-0.2, -0.15) is 0 Å². The molecule has 2 rings (SSSR count). The average Bonchev–Trinajstić information content (AvgIpc) is 2.35. The molecule has 2 N–H and O–H groups in total. The van der Waals surface area contributed by atoms with Crippen molar-refractivity contribution in [2.75, 3.05) is 0 Å². The molecule has 0 heterocycles. The van der Waals surface area contributed by atoms with E-state index in [-0.39, 0.29) is 17.8 Å². The minimum atomic E-state index is -1.07. The van der Waals surface area contributed by atoms with Crippen molar-refractivity contribution < 1.29 is 13.2 Å². The van der Waals surface area contributed by atoms with Gasteiger partial charge in [-0.1, -0.05) is 24.3 Å². The quantitative estimate of drug-likeness (QED) is 0.902. The Morgan fingerprint density at radius 1 is 1.00 bits per heavy atom. The lowest BCUT2D eigenvalue weighted by atomic mass is 9.86. The van der Waals surface area contributed by atoms with Crippen LogP contribution in [0.25, 0.3) is 0 Å². The van der Waals surface area contributed by atoms with E-state index in [2.05, 4.69) is 0 Å². The van der Waals surface area contributed by atoms with Crippen LogP contribution in [0.4, 0.5) is 13.2 Å². The van der Waals surface area contributed by atoms with E-state index in [0.717, 1.165) is 11.6 Å². The molecule has 4 heteroatoms. The van der Waals surface area contributed by atoms with Crippen LogP contribution in [0.2, 0.25) is 0 Å². The van der Waals surface area contributed by atoms with Crippen molar-refractivity contribution in [3.05, 3.63) is 71.0 Å². The van der Waals surface area contributed by atoms with E-state index in [9.17, 15) is 13.2 Å². The van der Waals surface area contributed by atoms with Gasteiger partial charge in [0.15, 0.2) is 11.6 Å². The summed E-state index contributed by atoms with van der Waals surface area (Å²) in [5.41, 5.74) is 5.88. The Morgan fingerprint density at radius 2 is 1.63 bits per heavy atom. The molecule has 19 heavy (non-hydrogen) atoms. The van der Waals surface area contributed by atoms with E-state index >= 15 is 0 Å². The lowest BCUT2D eigenvalue weighted by Gasteiger charge is -2.26. The van der Waals surface area contributed by atoms with Crippen LogP contribution >= 0.6 is 0 Å². The van der Waals surface area contributed by atoms with Crippen LogP contribution in [0.1, 0.15) is 18.1 Å². The highest BCUT2D eigenvalue weighted by Gasteiger charge is 2.26. The third kappa shape index (κ3) is 2.96. The fourth-order valence-corrected chi connectivity index (χ4v) is 2.07. The molecule has 0 aliphatic heterocycles.